The van der Waals surface area contributed by atoms with Gasteiger partial charge in [0.2, 0.25) is 5.95 Å². The lowest BCUT2D eigenvalue weighted by Crippen LogP contribution is -2.22. The van der Waals surface area contributed by atoms with E-state index in [-0.39, 0.29) is 0 Å². The maximum absolute atomic E-state index is 6.06. The number of aryl methyl sites for hydroxylation is 1. The molecule has 2 aromatic heterocycles. The monoisotopic (exact) mass is 260 g/mol. The standard InChI is InChI=1S/C15H24N4/c1-9(2)12(10(3)4)8-19-14-13(18-15(19)16)7-6-11(5)17-14/h6-7,9-10,12H,8H2,1-5H3,(H2,16,18). The van der Waals surface area contributed by atoms with Crippen molar-refractivity contribution >= 4 is 17.1 Å². The predicted octanol–water partition coefficient (Wildman–Crippen LogP) is 3.25. The lowest BCUT2D eigenvalue weighted by molar-refractivity contribution is 0.255. The third-order valence-electron chi connectivity index (χ3n) is 3.87. The number of nitrogen functional groups attached to an aromatic ring is 1. The molecule has 0 spiro atoms. The van der Waals surface area contributed by atoms with Crippen molar-refractivity contribution in [2.24, 2.45) is 17.8 Å². The number of fused-ring (bicyclic) bond motifs is 1. The molecule has 104 valence electrons. The van der Waals surface area contributed by atoms with Crippen molar-refractivity contribution in [3.8, 4) is 0 Å². The molecule has 0 radical (unpaired) electrons. The van der Waals surface area contributed by atoms with Gasteiger partial charge in [-0.2, -0.15) is 0 Å². The van der Waals surface area contributed by atoms with Crippen LogP contribution in [0.2, 0.25) is 0 Å². The van der Waals surface area contributed by atoms with E-state index in [0.717, 1.165) is 23.4 Å². The molecule has 4 heteroatoms. The van der Waals surface area contributed by atoms with Crippen molar-refractivity contribution in [2.45, 2.75) is 41.2 Å². The minimum Gasteiger partial charge on any atom is -0.369 e. The third-order valence-corrected chi connectivity index (χ3v) is 3.87. The Morgan fingerprint density at radius 1 is 1.11 bits per heavy atom. The van der Waals surface area contributed by atoms with E-state index < -0.39 is 0 Å². The van der Waals surface area contributed by atoms with E-state index in [4.69, 9.17) is 5.73 Å². The Morgan fingerprint density at radius 3 is 2.32 bits per heavy atom. The number of nitrogens with zero attached hydrogens (tertiary/aromatic N) is 3. The van der Waals surface area contributed by atoms with E-state index in [1.165, 1.54) is 0 Å². The summed E-state index contributed by atoms with van der Waals surface area (Å²) in [6, 6.07) is 3.96. The number of nitrogens with two attached hydrogens (primary N) is 1. The fourth-order valence-electron chi connectivity index (χ4n) is 2.70. The number of aromatic nitrogens is 3. The maximum Gasteiger partial charge on any atom is 0.202 e. The Balaban J connectivity index is 2.44. The Morgan fingerprint density at radius 2 is 1.74 bits per heavy atom. The molecule has 2 rings (SSSR count). The smallest absolute Gasteiger partial charge is 0.202 e. The topological polar surface area (TPSA) is 56.7 Å². The predicted molar refractivity (Wildman–Crippen MR) is 79.8 cm³/mol. The second-order valence-corrected chi connectivity index (χ2v) is 6.03. The number of anilines is 1. The van der Waals surface area contributed by atoms with Gasteiger partial charge in [-0.1, -0.05) is 27.7 Å². The summed E-state index contributed by atoms with van der Waals surface area (Å²) in [5.74, 6) is 2.37. The van der Waals surface area contributed by atoms with Gasteiger partial charge >= 0.3 is 0 Å². The van der Waals surface area contributed by atoms with E-state index >= 15 is 0 Å². The Kier molecular flexibility index (Phi) is 3.78. The minimum absolute atomic E-state index is 0.569. The summed E-state index contributed by atoms with van der Waals surface area (Å²) in [6.45, 7) is 11.9. The molecule has 0 saturated heterocycles. The summed E-state index contributed by atoms with van der Waals surface area (Å²) in [6.07, 6.45) is 0. The minimum atomic E-state index is 0.569. The first-order chi connectivity index (χ1) is 8.90. The molecule has 19 heavy (non-hydrogen) atoms. The molecule has 0 aliphatic rings. The summed E-state index contributed by atoms with van der Waals surface area (Å²) in [5, 5.41) is 0. The molecule has 2 N–H and O–H groups in total. The second-order valence-electron chi connectivity index (χ2n) is 6.03. The maximum atomic E-state index is 6.06. The van der Waals surface area contributed by atoms with Crippen molar-refractivity contribution in [1.82, 2.24) is 14.5 Å². The average molecular weight is 260 g/mol. The molecular weight excluding hydrogens is 236 g/mol. The van der Waals surface area contributed by atoms with Gasteiger partial charge in [-0.15, -0.1) is 0 Å². The van der Waals surface area contributed by atoms with Crippen LogP contribution >= 0.6 is 0 Å². The van der Waals surface area contributed by atoms with Gasteiger partial charge in [0.25, 0.3) is 0 Å². The van der Waals surface area contributed by atoms with Crippen LogP contribution in [-0.2, 0) is 6.54 Å². The van der Waals surface area contributed by atoms with E-state index in [0.29, 0.717) is 23.7 Å². The number of imidazole rings is 1. The highest BCUT2D eigenvalue weighted by atomic mass is 15.2. The van der Waals surface area contributed by atoms with Gasteiger partial charge in [0.1, 0.15) is 5.52 Å². The summed E-state index contributed by atoms with van der Waals surface area (Å²) >= 11 is 0. The van der Waals surface area contributed by atoms with Gasteiger partial charge in [-0.25, -0.2) is 9.97 Å². The Hall–Kier alpha value is -1.58. The van der Waals surface area contributed by atoms with Gasteiger partial charge in [0.15, 0.2) is 5.65 Å². The highest BCUT2D eigenvalue weighted by molar-refractivity contribution is 5.74. The van der Waals surface area contributed by atoms with Gasteiger partial charge in [-0.3, -0.25) is 4.57 Å². The van der Waals surface area contributed by atoms with Crippen LogP contribution in [0.1, 0.15) is 33.4 Å². The first kappa shape index (κ1) is 13.8. The quantitative estimate of drug-likeness (QED) is 0.918. The zero-order chi connectivity index (χ0) is 14.2. The molecule has 0 saturated carbocycles. The van der Waals surface area contributed by atoms with Crippen LogP contribution in [0.4, 0.5) is 5.95 Å². The molecule has 0 amide bonds. The van der Waals surface area contributed by atoms with Crippen LogP contribution in [0.25, 0.3) is 11.2 Å². The van der Waals surface area contributed by atoms with Crippen LogP contribution in [0.5, 0.6) is 0 Å². The highest BCUT2D eigenvalue weighted by Crippen LogP contribution is 2.26. The molecule has 0 fully saturated rings. The van der Waals surface area contributed by atoms with Gasteiger partial charge in [0, 0.05) is 12.2 Å². The fraction of sp³-hybridized carbons (Fsp3) is 0.600. The number of hydrogen-bond acceptors (Lipinski definition) is 3. The first-order valence-corrected chi connectivity index (χ1v) is 6.99. The van der Waals surface area contributed by atoms with Gasteiger partial charge in [-0.05, 0) is 36.8 Å². The molecule has 0 bridgehead atoms. The molecule has 4 nitrogen and oxygen atoms in total. The van der Waals surface area contributed by atoms with Crippen molar-refractivity contribution in [1.29, 1.82) is 0 Å². The molecular formula is C15H24N4. The zero-order valence-electron chi connectivity index (χ0n) is 12.5. The lowest BCUT2D eigenvalue weighted by atomic mass is 9.85. The summed E-state index contributed by atoms with van der Waals surface area (Å²) in [5.41, 5.74) is 8.85. The third kappa shape index (κ3) is 2.72. The van der Waals surface area contributed by atoms with Crippen molar-refractivity contribution < 1.29 is 0 Å². The molecule has 0 aliphatic carbocycles. The molecule has 0 atom stereocenters. The zero-order valence-corrected chi connectivity index (χ0v) is 12.5. The van der Waals surface area contributed by atoms with E-state index in [1.54, 1.807) is 0 Å². The van der Waals surface area contributed by atoms with Crippen molar-refractivity contribution in [3.63, 3.8) is 0 Å². The van der Waals surface area contributed by atoms with Crippen LogP contribution in [-0.4, -0.2) is 14.5 Å². The SMILES string of the molecule is Cc1ccc2nc(N)n(CC(C(C)C)C(C)C)c2n1. The van der Waals surface area contributed by atoms with E-state index in [1.807, 2.05) is 19.1 Å². The second kappa shape index (κ2) is 5.19. The molecule has 0 unspecified atom stereocenters. The van der Waals surface area contributed by atoms with Crippen molar-refractivity contribution in [2.75, 3.05) is 5.73 Å². The Labute approximate surface area is 115 Å². The molecule has 0 aromatic carbocycles. The number of pyridine rings is 1. The molecule has 2 heterocycles. The summed E-state index contributed by atoms with van der Waals surface area (Å²) in [4.78, 5) is 8.99. The van der Waals surface area contributed by atoms with Crippen LogP contribution in [0, 0.1) is 24.7 Å². The van der Waals surface area contributed by atoms with Crippen LogP contribution in [0.15, 0.2) is 12.1 Å². The molecule has 2 aromatic rings. The lowest BCUT2D eigenvalue weighted by Gasteiger charge is -2.25. The van der Waals surface area contributed by atoms with Crippen LogP contribution in [0.3, 0.4) is 0 Å². The fourth-order valence-corrected chi connectivity index (χ4v) is 2.70. The highest BCUT2D eigenvalue weighted by Gasteiger charge is 2.21. The largest absolute Gasteiger partial charge is 0.369 e. The Bertz CT molecular complexity index is 561. The number of hydrogen-bond donors (Lipinski definition) is 1. The van der Waals surface area contributed by atoms with Gasteiger partial charge < -0.3 is 5.73 Å². The number of rotatable bonds is 4. The first-order valence-electron chi connectivity index (χ1n) is 6.99. The average Bonchev–Trinajstić information content (AvgIpc) is 2.60. The normalized spacial score (nSPS) is 12.2. The summed E-state index contributed by atoms with van der Waals surface area (Å²) in [7, 11) is 0. The van der Waals surface area contributed by atoms with E-state index in [9.17, 15) is 0 Å². The van der Waals surface area contributed by atoms with Gasteiger partial charge in [0.05, 0.1) is 0 Å². The van der Waals surface area contributed by atoms with Crippen molar-refractivity contribution in [3.05, 3.63) is 17.8 Å². The van der Waals surface area contributed by atoms with Crippen LogP contribution < -0.4 is 5.73 Å². The molecule has 0 aliphatic heterocycles. The summed E-state index contributed by atoms with van der Waals surface area (Å²) < 4.78 is 2.06. The van der Waals surface area contributed by atoms with E-state index in [2.05, 4.69) is 42.2 Å².